The number of benzene rings is 1. The first-order valence-corrected chi connectivity index (χ1v) is 9.99. The van der Waals surface area contributed by atoms with E-state index in [2.05, 4.69) is 20.3 Å². The fourth-order valence-electron chi connectivity index (χ4n) is 3.59. The number of ether oxygens (including phenoxy) is 1. The van der Waals surface area contributed by atoms with Crippen LogP contribution in [0.15, 0.2) is 53.5 Å². The molecule has 1 fully saturated rings. The molecule has 1 N–H and O–H groups in total. The molecule has 9 heteroatoms. The number of aromatic amines is 1. The van der Waals surface area contributed by atoms with Crippen LogP contribution in [0.4, 0.5) is 0 Å². The van der Waals surface area contributed by atoms with Gasteiger partial charge in [0.25, 0.3) is 11.5 Å². The minimum absolute atomic E-state index is 0.0133. The van der Waals surface area contributed by atoms with Crippen LogP contribution >= 0.6 is 0 Å². The van der Waals surface area contributed by atoms with Gasteiger partial charge in [-0.2, -0.15) is 0 Å². The summed E-state index contributed by atoms with van der Waals surface area (Å²) < 4.78 is 6.88. The van der Waals surface area contributed by atoms with E-state index in [0.717, 1.165) is 16.8 Å². The van der Waals surface area contributed by atoms with Gasteiger partial charge >= 0.3 is 0 Å². The van der Waals surface area contributed by atoms with Gasteiger partial charge in [0.2, 0.25) is 0 Å². The molecule has 0 atom stereocenters. The van der Waals surface area contributed by atoms with Gasteiger partial charge in [-0.25, -0.2) is 9.67 Å². The zero-order chi connectivity index (χ0) is 21.4. The van der Waals surface area contributed by atoms with Gasteiger partial charge in [0.1, 0.15) is 11.3 Å². The van der Waals surface area contributed by atoms with Crippen molar-refractivity contribution in [1.29, 1.82) is 0 Å². The number of hydrogen-bond acceptors (Lipinski definition) is 6. The number of fused-ring (bicyclic) bond motifs is 1. The summed E-state index contributed by atoms with van der Waals surface area (Å²) >= 11 is 0. The van der Waals surface area contributed by atoms with Crippen LogP contribution in [0.25, 0.3) is 28.0 Å². The van der Waals surface area contributed by atoms with E-state index in [1.54, 1.807) is 34.0 Å². The van der Waals surface area contributed by atoms with Crippen molar-refractivity contribution in [3.05, 3.63) is 70.3 Å². The Balaban J connectivity index is 1.41. The van der Waals surface area contributed by atoms with Crippen molar-refractivity contribution in [3.63, 3.8) is 0 Å². The molecule has 1 aliphatic rings. The van der Waals surface area contributed by atoms with Gasteiger partial charge in [0, 0.05) is 29.7 Å². The van der Waals surface area contributed by atoms with Crippen LogP contribution in [0.2, 0.25) is 0 Å². The number of hydrogen-bond donors (Lipinski definition) is 1. The Morgan fingerprint density at radius 2 is 1.87 bits per heavy atom. The van der Waals surface area contributed by atoms with Gasteiger partial charge in [-0.3, -0.25) is 9.59 Å². The van der Waals surface area contributed by atoms with E-state index in [4.69, 9.17) is 4.74 Å². The Labute approximate surface area is 177 Å². The largest absolute Gasteiger partial charge is 0.378 e. The van der Waals surface area contributed by atoms with Crippen LogP contribution in [0.5, 0.6) is 0 Å². The lowest BCUT2D eigenvalue weighted by atomic mass is 10.1. The molecule has 5 rings (SSSR count). The Kier molecular flexibility index (Phi) is 4.79. The second-order valence-corrected chi connectivity index (χ2v) is 7.40. The molecule has 0 saturated carbocycles. The Morgan fingerprint density at radius 1 is 1.10 bits per heavy atom. The fourth-order valence-corrected chi connectivity index (χ4v) is 3.59. The number of morpholine rings is 1. The number of aryl methyl sites for hydroxylation is 1. The van der Waals surface area contributed by atoms with Crippen molar-refractivity contribution in [2.45, 2.75) is 6.92 Å². The number of amides is 1. The van der Waals surface area contributed by atoms with Crippen molar-refractivity contribution >= 4 is 16.9 Å². The first-order chi connectivity index (χ1) is 15.1. The molecule has 0 spiro atoms. The molecule has 1 aliphatic heterocycles. The van der Waals surface area contributed by atoms with Gasteiger partial charge in [0.15, 0.2) is 0 Å². The van der Waals surface area contributed by atoms with Crippen molar-refractivity contribution in [2.75, 3.05) is 26.3 Å². The lowest BCUT2D eigenvalue weighted by molar-refractivity contribution is 0.0303. The van der Waals surface area contributed by atoms with Gasteiger partial charge in [-0.15, -0.1) is 5.10 Å². The highest BCUT2D eigenvalue weighted by atomic mass is 16.5. The summed E-state index contributed by atoms with van der Waals surface area (Å²) in [6.45, 7) is 4.20. The zero-order valence-corrected chi connectivity index (χ0v) is 16.9. The maximum atomic E-state index is 12.6. The molecule has 156 valence electrons. The van der Waals surface area contributed by atoms with Gasteiger partial charge in [0.05, 0.1) is 30.7 Å². The number of pyridine rings is 2. The van der Waals surface area contributed by atoms with Gasteiger partial charge in [-0.1, -0.05) is 5.21 Å². The third kappa shape index (κ3) is 3.71. The number of carbonyl (C=O) groups excluding carboxylic acids is 1. The number of nitrogens with one attached hydrogen (secondary N) is 1. The van der Waals surface area contributed by atoms with Crippen LogP contribution in [0.1, 0.15) is 16.1 Å². The van der Waals surface area contributed by atoms with E-state index in [1.165, 1.54) is 0 Å². The molecule has 3 aromatic heterocycles. The summed E-state index contributed by atoms with van der Waals surface area (Å²) in [5.74, 6) is -0.0133. The van der Waals surface area contributed by atoms with Gasteiger partial charge in [-0.05, 0) is 49.4 Å². The van der Waals surface area contributed by atoms with Crippen LogP contribution in [-0.2, 0) is 4.74 Å². The predicted octanol–water partition coefficient (Wildman–Crippen LogP) is 1.95. The summed E-state index contributed by atoms with van der Waals surface area (Å²) in [7, 11) is 0. The minimum atomic E-state index is -0.274. The highest BCUT2D eigenvalue weighted by Gasteiger charge is 2.18. The summed E-state index contributed by atoms with van der Waals surface area (Å²) in [5.41, 5.74) is 3.33. The van der Waals surface area contributed by atoms with Crippen LogP contribution < -0.4 is 5.56 Å². The molecule has 31 heavy (non-hydrogen) atoms. The molecular weight excluding hydrogens is 396 g/mol. The maximum absolute atomic E-state index is 12.6. The first-order valence-electron chi connectivity index (χ1n) is 9.99. The number of aromatic nitrogens is 5. The second kappa shape index (κ2) is 7.77. The van der Waals surface area contributed by atoms with E-state index in [0.29, 0.717) is 48.8 Å². The number of nitrogens with zero attached hydrogens (tertiary/aromatic N) is 5. The maximum Gasteiger partial charge on any atom is 0.259 e. The summed E-state index contributed by atoms with van der Waals surface area (Å²) in [6.07, 6.45) is 1.69. The van der Waals surface area contributed by atoms with Crippen molar-refractivity contribution in [3.8, 4) is 16.9 Å². The molecule has 9 nitrogen and oxygen atoms in total. The molecule has 0 bridgehead atoms. The molecular formula is C22H20N6O3. The Bertz CT molecular complexity index is 1320. The second-order valence-electron chi connectivity index (χ2n) is 7.40. The quantitative estimate of drug-likeness (QED) is 0.547. The zero-order valence-electron chi connectivity index (χ0n) is 16.9. The van der Waals surface area contributed by atoms with E-state index in [-0.39, 0.29) is 11.5 Å². The SMILES string of the molecule is Cc1ccc2cc(-c3cn(-c4ccc(C(=O)N5CCOCC5)cc4)nn3)c(=O)[nH]c2n1. The van der Waals surface area contributed by atoms with E-state index in [1.807, 2.05) is 31.2 Å². The lowest BCUT2D eigenvalue weighted by Gasteiger charge is -2.26. The number of H-pyrrole nitrogens is 1. The molecule has 1 amide bonds. The average Bonchev–Trinajstić information content (AvgIpc) is 3.29. The molecule has 1 saturated heterocycles. The third-order valence-electron chi connectivity index (χ3n) is 5.29. The summed E-state index contributed by atoms with van der Waals surface area (Å²) in [4.78, 5) is 34.1. The molecule has 4 aromatic rings. The van der Waals surface area contributed by atoms with Crippen LogP contribution in [-0.4, -0.2) is 62.1 Å². The Hall–Kier alpha value is -3.85. The molecule has 0 aliphatic carbocycles. The summed E-state index contributed by atoms with van der Waals surface area (Å²) in [6, 6.07) is 12.7. The van der Waals surface area contributed by atoms with Gasteiger partial charge < -0.3 is 14.6 Å². The lowest BCUT2D eigenvalue weighted by Crippen LogP contribution is -2.40. The van der Waals surface area contributed by atoms with Crippen LogP contribution in [0.3, 0.4) is 0 Å². The summed E-state index contributed by atoms with van der Waals surface area (Å²) in [5, 5.41) is 9.13. The predicted molar refractivity (Wildman–Crippen MR) is 114 cm³/mol. The number of carbonyl (C=O) groups is 1. The van der Waals surface area contributed by atoms with Crippen molar-refractivity contribution < 1.29 is 9.53 Å². The molecule has 4 heterocycles. The fraction of sp³-hybridized carbons (Fsp3) is 0.227. The Morgan fingerprint density at radius 3 is 2.65 bits per heavy atom. The van der Waals surface area contributed by atoms with Crippen molar-refractivity contribution in [2.24, 2.45) is 0 Å². The standard InChI is InChI=1S/C22H20N6O3/c1-14-2-3-16-12-18(21(29)24-20(16)23-14)19-13-28(26-25-19)17-6-4-15(5-7-17)22(30)27-8-10-31-11-9-27/h2-7,12-13H,8-11H2,1H3,(H,23,24,29). The van der Waals surface area contributed by atoms with E-state index < -0.39 is 0 Å². The topological polar surface area (TPSA) is 106 Å². The third-order valence-corrected chi connectivity index (χ3v) is 5.29. The van der Waals surface area contributed by atoms with E-state index >= 15 is 0 Å². The molecule has 0 unspecified atom stereocenters. The van der Waals surface area contributed by atoms with Crippen molar-refractivity contribution in [1.82, 2.24) is 29.9 Å². The van der Waals surface area contributed by atoms with E-state index in [9.17, 15) is 9.59 Å². The normalized spacial score (nSPS) is 14.2. The first kappa shape index (κ1) is 19.1. The minimum Gasteiger partial charge on any atom is -0.378 e. The average molecular weight is 416 g/mol. The smallest absolute Gasteiger partial charge is 0.259 e. The highest BCUT2D eigenvalue weighted by Crippen LogP contribution is 2.19. The number of rotatable bonds is 3. The monoisotopic (exact) mass is 416 g/mol. The molecule has 1 aromatic carbocycles. The highest BCUT2D eigenvalue weighted by molar-refractivity contribution is 5.94. The van der Waals surface area contributed by atoms with Crippen LogP contribution in [0, 0.1) is 6.92 Å². The molecule has 0 radical (unpaired) electrons.